The van der Waals surface area contributed by atoms with Crippen molar-refractivity contribution < 1.29 is 0 Å². The highest BCUT2D eigenvalue weighted by atomic mass is 31.1. The Labute approximate surface area is 218 Å². The monoisotopic (exact) mass is 496 g/mol. The number of benzene rings is 2. The van der Waals surface area contributed by atoms with E-state index in [1.165, 1.54) is 44.0 Å². The Morgan fingerprint density at radius 1 is 0.543 bits per heavy atom. The molecule has 0 amide bonds. The summed E-state index contributed by atoms with van der Waals surface area (Å²) in [5.74, 6) is 0. The Balaban J connectivity index is 3.07. The fraction of sp³-hybridized carbons (Fsp3) is 0.625. The lowest BCUT2D eigenvalue weighted by atomic mass is 9.79. The van der Waals surface area contributed by atoms with Crippen LogP contribution in [-0.4, -0.2) is 6.16 Å². The maximum absolute atomic E-state index is 6.51. The Hall–Kier alpha value is -1.21. The van der Waals surface area contributed by atoms with Gasteiger partial charge < -0.3 is 11.5 Å². The third kappa shape index (κ3) is 6.57. The average molecular weight is 497 g/mol. The highest BCUT2D eigenvalue weighted by molar-refractivity contribution is 7.73. The maximum Gasteiger partial charge on any atom is 0.0184 e. The van der Waals surface area contributed by atoms with Gasteiger partial charge in [-0.05, 0) is 79.7 Å². The van der Waals surface area contributed by atoms with E-state index in [0.29, 0.717) is 13.1 Å². The molecule has 2 aromatic carbocycles. The van der Waals surface area contributed by atoms with Gasteiger partial charge in [0.1, 0.15) is 0 Å². The van der Waals surface area contributed by atoms with Crippen molar-refractivity contribution in [1.29, 1.82) is 0 Å². The highest BCUT2D eigenvalue weighted by Crippen LogP contribution is 2.45. The smallest absolute Gasteiger partial charge is 0.0184 e. The molecule has 0 radical (unpaired) electrons. The standard InChI is InChI=1S/C32H53N2P/c1-14-35(27-21(19-33)15-23(29(2,3)4)17-25(27)31(8,9)10)28-22(20-34)16-24(30(5,6)7)18-26(28)32(11,12)13/h15-18H,14,19-20,33-34H2,1-13H3. The summed E-state index contributed by atoms with van der Waals surface area (Å²) in [6.07, 6.45) is 1.07. The minimum absolute atomic E-state index is 0.0202. The van der Waals surface area contributed by atoms with Gasteiger partial charge in [-0.15, -0.1) is 0 Å². The molecule has 3 heteroatoms. The first-order valence-corrected chi connectivity index (χ1v) is 14.8. The van der Waals surface area contributed by atoms with Crippen LogP contribution in [-0.2, 0) is 34.7 Å². The molecule has 0 unspecified atom stereocenters. The van der Waals surface area contributed by atoms with Gasteiger partial charge in [0.15, 0.2) is 0 Å². The van der Waals surface area contributed by atoms with Crippen molar-refractivity contribution in [3.63, 3.8) is 0 Å². The molecule has 0 aliphatic heterocycles. The lowest BCUT2D eigenvalue weighted by Crippen LogP contribution is -2.35. The molecule has 0 atom stereocenters. The molecule has 2 nitrogen and oxygen atoms in total. The van der Waals surface area contributed by atoms with Gasteiger partial charge in [-0.1, -0.05) is 114 Å². The molecule has 0 aliphatic rings. The van der Waals surface area contributed by atoms with Crippen LogP contribution in [0.4, 0.5) is 0 Å². The predicted octanol–water partition coefficient (Wildman–Crippen LogP) is 7.25. The molecule has 196 valence electrons. The third-order valence-electron chi connectivity index (χ3n) is 7.02. The first-order chi connectivity index (χ1) is 15.8. The first-order valence-electron chi connectivity index (χ1n) is 13.3. The zero-order valence-electron chi connectivity index (χ0n) is 25.0. The first kappa shape index (κ1) is 30.0. The zero-order valence-corrected chi connectivity index (χ0v) is 25.9. The molecule has 0 aromatic heterocycles. The molecule has 0 heterocycles. The Morgan fingerprint density at radius 2 is 0.857 bits per heavy atom. The molecule has 35 heavy (non-hydrogen) atoms. The highest BCUT2D eigenvalue weighted by Gasteiger charge is 2.33. The average Bonchev–Trinajstić information content (AvgIpc) is 2.70. The van der Waals surface area contributed by atoms with Crippen LogP contribution in [0.25, 0.3) is 0 Å². The van der Waals surface area contributed by atoms with E-state index in [9.17, 15) is 0 Å². The van der Waals surface area contributed by atoms with E-state index in [-0.39, 0.29) is 21.7 Å². The van der Waals surface area contributed by atoms with Crippen LogP contribution >= 0.6 is 7.92 Å². The lowest BCUT2D eigenvalue weighted by molar-refractivity contribution is 0.569. The van der Waals surface area contributed by atoms with Gasteiger partial charge in [-0.25, -0.2) is 0 Å². The summed E-state index contributed by atoms with van der Waals surface area (Å²) in [6.45, 7) is 31.3. The molecule has 0 spiro atoms. The van der Waals surface area contributed by atoms with Gasteiger partial charge in [0, 0.05) is 13.1 Å². The summed E-state index contributed by atoms with van der Waals surface area (Å²) in [5.41, 5.74) is 21.4. The molecule has 0 saturated carbocycles. The van der Waals surface area contributed by atoms with Crippen molar-refractivity contribution in [3.05, 3.63) is 57.6 Å². The second-order valence-electron chi connectivity index (χ2n) is 14.2. The van der Waals surface area contributed by atoms with Crippen LogP contribution < -0.4 is 22.1 Å². The molecule has 0 fully saturated rings. The molecule has 4 N–H and O–H groups in total. The maximum atomic E-state index is 6.51. The third-order valence-corrected chi connectivity index (χ3v) is 9.79. The molecule has 2 aromatic rings. The second-order valence-corrected chi connectivity index (χ2v) is 16.6. The van der Waals surface area contributed by atoms with Crippen molar-refractivity contribution >= 4 is 18.5 Å². The van der Waals surface area contributed by atoms with E-state index in [1.54, 1.807) is 0 Å². The SMILES string of the molecule is CCP(c1c(CN)cc(C(C)(C)C)cc1C(C)(C)C)c1c(CN)cc(C(C)(C)C)cc1C(C)(C)C. The summed E-state index contributed by atoms with van der Waals surface area (Å²) in [5, 5.41) is 2.96. The van der Waals surface area contributed by atoms with E-state index in [1.807, 2.05) is 0 Å². The Kier molecular flexibility index (Phi) is 8.81. The van der Waals surface area contributed by atoms with Gasteiger partial charge in [0.05, 0.1) is 0 Å². The number of rotatable bonds is 5. The van der Waals surface area contributed by atoms with Gasteiger partial charge in [0.2, 0.25) is 0 Å². The van der Waals surface area contributed by atoms with Crippen LogP contribution in [0, 0.1) is 0 Å². The molecular formula is C32H53N2P. The van der Waals surface area contributed by atoms with Gasteiger partial charge in [-0.3, -0.25) is 0 Å². The summed E-state index contributed by atoms with van der Waals surface area (Å²) < 4.78 is 0. The van der Waals surface area contributed by atoms with Crippen molar-refractivity contribution in [2.45, 2.75) is 125 Å². The van der Waals surface area contributed by atoms with Crippen LogP contribution in [0.15, 0.2) is 24.3 Å². The summed E-state index contributed by atoms with van der Waals surface area (Å²) in [7, 11) is -0.629. The molecule has 0 bridgehead atoms. The molecular weight excluding hydrogens is 443 g/mol. The number of nitrogens with two attached hydrogens (primary N) is 2. The van der Waals surface area contributed by atoms with Crippen LogP contribution in [0.1, 0.15) is 123 Å². The summed E-state index contributed by atoms with van der Waals surface area (Å²) >= 11 is 0. The van der Waals surface area contributed by atoms with Gasteiger partial charge >= 0.3 is 0 Å². The Bertz CT molecular complexity index is 954. The van der Waals surface area contributed by atoms with Crippen LogP contribution in [0.3, 0.4) is 0 Å². The Morgan fingerprint density at radius 3 is 1.06 bits per heavy atom. The van der Waals surface area contributed by atoms with E-state index in [4.69, 9.17) is 11.5 Å². The van der Waals surface area contributed by atoms with Crippen molar-refractivity contribution in [2.75, 3.05) is 6.16 Å². The normalized spacial score (nSPS) is 13.6. The van der Waals surface area contributed by atoms with Crippen molar-refractivity contribution in [2.24, 2.45) is 11.5 Å². The summed E-state index contributed by atoms with van der Waals surface area (Å²) in [6, 6.07) is 9.72. The van der Waals surface area contributed by atoms with Gasteiger partial charge in [-0.2, -0.15) is 0 Å². The number of hydrogen-bond donors (Lipinski definition) is 2. The topological polar surface area (TPSA) is 52.0 Å². The van der Waals surface area contributed by atoms with E-state index < -0.39 is 7.92 Å². The fourth-order valence-electron chi connectivity index (χ4n) is 4.78. The van der Waals surface area contributed by atoms with E-state index in [0.717, 1.165) is 6.16 Å². The molecule has 0 saturated heterocycles. The lowest BCUT2D eigenvalue weighted by Gasteiger charge is -2.37. The quantitative estimate of drug-likeness (QED) is 0.428. The predicted molar refractivity (Wildman–Crippen MR) is 160 cm³/mol. The van der Waals surface area contributed by atoms with E-state index in [2.05, 4.69) is 114 Å². The minimum atomic E-state index is -0.629. The molecule has 2 rings (SSSR count). The minimum Gasteiger partial charge on any atom is -0.326 e. The largest absolute Gasteiger partial charge is 0.326 e. The fourth-order valence-corrected chi connectivity index (χ4v) is 8.02. The second kappa shape index (κ2) is 10.3. The number of hydrogen-bond acceptors (Lipinski definition) is 2. The van der Waals surface area contributed by atoms with Crippen LogP contribution in [0.2, 0.25) is 0 Å². The van der Waals surface area contributed by atoms with Crippen molar-refractivity contribution in [3.8, 4) is 0 Å². The van der Waals surface area contributed by atoms with Crippen LogP contribution in [0.5, 0.6) is 0 Å². The zero-order chi connectivity index (χ0) is 27.1. The molecule has 0 aliphatic carbocycles. The van der Waals surface area contributed by atoms with E-state index >= 15 is 0 Å². The van der Waals surface area contributed by atoms with Crippen molar-refractivity contribution in [1.82, 2.24) is 0 Å². The summed E-state index contributed by atoms with van der Waals surface area (Å²) in [4.78, 5) is 0. The van der Waals surface area contributed by atoms with Gasteiger partial charge in [0.25, 0.3) is 0 Å².